The van der Waals surface area contributed by atoms with E-state index in [2.05, 4.69) is 15.0 Å². The van der Waals surface area contributed by atoms with E-state index in [9.17, 15) is 4.79 Å². The molecule has 88 valence electrons. The van der Waals surface area contributed by atoms with E-state index in [-0.39, 0.29) is 11.5 Å². The molecule has 0 aliphatic heterocycles. The van der Waals surface area contributed by atoms with Crippen LogP contribution in [0.5, 0.6) is 0 Å². The molecule has 0 aliphatic rings. The van der Waals surface area contributed by atoms with Crippen molar-refractivity contribution in [2.45, 2.75) is 19.8 Å². The van der Waals surface area contributed by atoms with Crippen LogP contribution in [-0.4, -0.2) is 30.6 Å². The van der Waals surface area contributed by atoms with Crippen LogP contribution in [-0.2, 0) is 0 Å². The van der Waals surface area contributed by atoms with Gasteiger partial charge in [0.1, 0.15) is 6.33 Å². The Labute approximate surface area is 98.0 Å². The summed E-state index contributed by atoms with van der Waals surface area (Å²) in [6.07, 6.45) is 6.23. The molecule has 0 unspecified atom stereocenters. The van der Waals surface area contributed by atoms with Crippen LogP contribution in [0.2, 0.25) is 0 Å². The van der Waals surface area contributed by atoms with Gasteiger partial charge >= 0.3 is 5.97 Å². The van der Waals surface area contributed by atoms with E-state index in [1.54, 1.807) is 23.3 Å². The van der Waals surface area contributed by atoms with Crippen molar-refractivity contribution in [1.82, 2.24) is 19.5 Å². The van der Waals surface area contributed by atoms with Gasteiger partial charge in [0.2, 0.25) is 5.95 Å². The molecule has 0 aliphatic carbocycles. The Hall–Kier alpha value is -2.24. The Morgan fingerprint density at radius 2 is 2.24 bits per heavy atom. The number of hydrogen-bond donors (Lipinski definition) is 1. The van der Waals surface area contributed by atoms with Crippen molar-refractivity contribution < 1.29 is 9.90 Å². The summed E-state index contributed by atoms with van der Waals surface area (Å²) in [5.74, 6) is -0.562. The van der Waals surface area contributed by atoms with Crippen molar-refractivity contribution in [3.63, 3.8) is 0 Å². The fourth-order valence-corrected chi connectivity index (χ4v) is 1.49. The average Bonchev–Trinajstić information content (AvgIpc) is 2.81. The third-order valence-electron chi connectivity index (χ3n) is 2.32. The quantitative estimate of drug-likeness (QED) is 0.866. The lowest BCUT2D eigenvalue weighted by Crippen LogP contribution is -2.11. The fraction of sp³-hybridized carbons (Fsp3) is 0.273. The van der Waals surface area contributed by atoms with Crippen LogP contribution in [0.15, 0.2) is 24.9 Å². The second-order valence-corrected chi connectivity index (χ2v) is 3.90. The number of nitrogens with zero attached hydrogens (tertiary/aromatic N) is 4. The lowest BCUT2D eigenvalue weighted by Gasteiger charge is -2.10. The fourth-order valence-electron chi connectivity index (χ4n) is 1.49. The summed E-state index contributed by atoms with van der Waals surface area (Å²) in [5.41, 5.74) is 0.667. The summed E-state index contributed by atoms with van der Waals surface area (Å²) in [4.78, 5) is 23.2. The first-order valence-corrected chi connectivity index (χ1v) is 5.18. The molecule has 2 aromatic rings. The largest absolute Gasteiger partial charge is 0.478 e. The Morgan fingerprint density at radius 3 is 2.76 bits per heavy atom. The maximum atomic E-state index is 11.0. The van der Waals surface area contributed by atoms with Crippen LogP contribution < -0.4 is 0 Å². The van der Waals surface area contributed by atoms with Gasteiger partial charge in [-0.15, -0.1) is 0 Å². The van der Waals surface area contributed by atoms with Gasteiger partial charge in [0, 0.05) is 18.6 Å². The molecule has 6 heteroatoms. The molecule has 0 aromatic carbocycles. The Kier molecular flexibility index (Phi) is 2.86. The first kappa shape index (κ1) is 11.3. The number of carboxylic acid groups (broad SMARTS) is 1. The van der Waals surface area contributed by atoms with Crippen LogP contribution in [0.1, 0.15) is 35.8 Å². The van der Waals surface area contributed by atoms with Gasteiger partial charge in [-0.3, -0.25) is 4.57 Å². The maximum Gasteiger partial charge on any atom is 0.339 e. The van der Waals surface area contributed by atoms with Crippen LogP contribution >= 0.6 is 0 Å². The number of hydrogen-bond acceptors (Lipinski definition) is 4. The number of carboxylic acids is 1. The Balaban J connectivity index is 2.53. The van der Waals surface area contributed by atoms with Gasteiger partial charge < -0.3 is 5.11 Å². The third kappa shape index (κ3) is 2.15. The molecule has 6 nitrogen and oxygen atoms in total. The first-order chi connectivity index (χ1) is 8.09. The van der Waals surface area contributed by atoms with Crippen LogP contribution in [0.3, 0.4) is 0 Å². The average molecular weight is 232 g/mol. The van der Waals surface area contributed by atoms with E-state index in [0.29, 0.717) is 11.6 Å². The summed E-state index contributed by atoms with van der Waals surface area (Å²) in [6, 6.07) is 0. The molecule has 0 radical (unpaired) electrons. The lowest BCUT2D eigenvalue weighted by molar-refractivity contribution is 0.0694. The molecule has 0 atom stereocenters. The molecule has 17 heavy (non-hydrogen) atoms. The number of carbonyl (C=O) groups is 1. The van der Waals surface area contributed by atoms with E-state index >= 15 is 0 Å². The van der Waals surface area contributed by atoms with Gasteiger partial charge in [-0.2, -0.15) is 0 Å². The predicted octanol–water partition coefficient (Wildman–Crippen LogP) is 1.48. The van der Waals surface area contributed by atoms with Crippen molar-refractivity contribution in [3.8, 4) is 5.95 Å². The minimum Gasteiger partial charge on any atom is -0.478 e. The van der Waals surface area contributed by atoms with E-state index in [4.69, 9.17) is 5.11 Å². The molecule has 0 spiro atoms. The molecule has 0 saturated heterocycles. The molecular weight excluding hydrogens is 220 g/mol. The Morgan fingerprint density at radius 1 is 1.47 bits per heavy atom. The minimum absolute atomic E-state index is 0.0198. The van der Waals surface area contributed by atoms with Crippen LogP contribution in [0, 0.1) is 0 Å². The molecule has 2 heterocycles. The van der Waals surface area contributed by atoms with Gasteiger partial charge in [0.25, 0.3) is 0 Å². The molecule has 0 amide bonds. The highest BCUT2D eigenvalue weighted by Gasteiger charge is 2.16. The zero-order chi connectivity index (χ0) is 12.4. The lowest BCUT2D eigenvalue weighted by atomic mass is 10.1. The highest BCUT2D eigenvalue weighted by molar-refractivity contribution is 5.88. The van der Waals surface area contributed by atoms with Crippen LogP contribution in [0.25, 0.3) is 5.95 Å². The van der Waals surface area contributed by atoms with Gasteiger partial charge in [-0.1, -0.05) is 13.8 Å². The normalized spacial score (nSPS) is 10.8. The Bertz CT molecular complexity index is 534. The highest BCUT2D eigenvalue weighted by atomic mass is 16.4. The zero-order valence-electron chi connectivity index (χ0n) is 9.53. The van der Waals surface area contributed by atoms with Gasteiger partial charge in [-0.25, -0.2) is 19.7 Å². The number of rotatable bonds is 3. The summed E-state index contributed by atoms with van der Waals surface area (Å²) in [6.45, 7) is 3.79. The van der Waals surface area contributed by atoms with Crippen molar-refractivity contribution in [2.24, 2.45) is 0 Å². The third-order valence-corrected chi connectivity index (χ3v) is 2.32. The molecule has 0 saturated carbocycles. The zero-order valence-corrected chi connectivity index (χ0v) is 9.53. The van der Waals surface area contributed by atoms with Crippen molar-refractivity contribution in [2.75, 3.05) is 0 Å². The number of aromatic carboxylic acids is 1. The second kappa shape index (κ2) is 4.32. The SMILES string of the molecule is CC(C)c1nc(-n2ccnc2)ncc1C(=O)O. The topological polar surface area (TPSA) is 80.9 Å². The molecule has 2 rings (SSSR count). The van der Waals surface area contributed by atoms with Crippen LogP contribution in [0.4, 0.5) is 0 Å². The minimum atomic E-state index is -1.01. The summed E-state index contributed by atoms with van der Waals surface area (Å²) in [5, 5.41) is 9.04. The predicted molar refractivity (Wildman–Crippen MR) is 60.2 cm³/mol. The molecule has 1 N–H and O–H groups in total. The van der Waals surface area contributed by atoms with E-state index in [1.165, 1.54) is 6.20 Å². The summed E-state index contributed by atoms with van der Waals surface area (Å²) < 4.78 is 1.64. The van der Waals surface area contributed by atoms with Gasteiger partial charge in [-0.05, 0) is 5.92 Å². The number of imidazole rings is 1. The molecule has 0 fully saturated rings. The molecule has 0 bridgehead atoms. The van der Waals surface area contributed by atoms with Crippen molar-refractivity contribution in [3.05, 3.63) is 36.2 Å². The van der Waals surface area contributed by atoms with E-state index in [0.717, 1.165) is 0 Å². The van der Waals surface area contributed by atoms with Gasteiger partial charge in [0.15, 0.2) is 0 Å². The first-order valence-electron chi connectivity index (χ1n) is 5.18. The molecular formula is C11H12N4O2. The molecule has 2 aromatic heterocycles. The second-order valence-electron chi connectivity index (χ2n) is 3.90. The van der Waals surface area contributed by atoms with E-state index in [1.807, 2.05) is 13.8 Å². The monoisotopic (exact) mass is 232 g/mol. The van der Waals surface area contributed by atoms with Crippen molar-refractivity contribution in [1.29, 1.82) is 0 Å². The summed E-state index contributed by atoms with van der Waals surface area (Å²) in [7, 11) is 0. The number of aromatic nitrogens is 4. The van der Waals surface area contributed by atoms with Gasteiger partial charge in [0.05, 0.1) is 11.3 Å². The van der Waals surface area contributed by atoms with Crippen molar-refractivity contribution >= 4 is 5.97 Å². The standard InChI is InChI=1S/C11H12N4O2/c1-7(2)9-8(10(16)17)5-13-11(14-9)15-4-3-12-6-15/h3-7H,1-2H3,(H,16,17). The highest BCUT2D eigenvalue weighted by Crippen LogP contribution is 2.17. The smallest absolute Gasteiger partial charge is 0.339 e. The van der Waals surface area contributed by atoms with E-state index < -0.39 is 5.97 Å². The summed E-state index contributed by atoms with van der Waals surface area (Å²) >= 11 is 0. The maximum absolute atomic E-state index is 11.0.